The number of β-amino-alcohol motifs (C(OH)–C–C–N with tert-alkyl or cyclic N) is 1. The molecule has 4 atom stereocenters. The Morgan fingerprint density at radius 1 is 1.32 bits per heavy atom. The van der Waals surface area contributed by atoms with Gasteiger partial charge in [0.1, 0.15) is 11.8 Å². The predicted octanol–water partition coefficient (Wildman–Crippen LogP) is 0.747. The molecule has 1 aromatic heterocycles. The first-order valence-corrected chi connectivity index (χ1v) is 9.98. The summed E-state index contributed by atoms with van der Waals surface area (Å²) in [5, 5.41) is 13.1. The number of aliphatic hydroxyl groups excluding tert-OH is 1. The van der Waals surface area contributed by atoms with Gasteiger partial charge in [-0.25, -0.2) is 0 Å². The molecule has 2 aliphatic heterocycles. The van der Waals surface area contributed by atoms with Crippen LogP contribution in [0.3, 0.4) is 0 Å². The van der Waals surface area contributed by atoms with E-state index in [4.69, 9.17) is 9.47 Å². The quantitative estimate of drug-likeness (QED) is 0.768. The van der Waals surface area contributed by atoms with Crippen molar-refractivity contribution in [3.05, 3.63) is 30.1 Å². The van der Waals surface area contributed by atoms with Crippen molar-refractivity contribution in [3.8, 4) is 0 Å². The highest BCUT2D eigenvalue weighted by Gasteiger charge is 2.40. The fraction of sp³-hybridized carbons (Fsp3) is 0.650. The van der Waals surface area contributed by atoms with Crippen molar-refractivity contribution >= 4 is 11.8 Å². The Balaban J connectivity index is 1.70. The first-order valence-electron chi connectivity index (χ1n) is 9.98. The number of rotatable bonds is 5. The molecule has 8 nitrogen and oxygen atoms in total. The largest absolute Gasteiger partial charge is 0.389 e. The SMILES string of the molecule is CCCNC(=O)C[C@@H]1CC[C@H]2[C@@H](COC[C@@H](O)CN2C(=O)c2ccccn2)O1. The van der Waals surface area contributed by atoms with Crippen LogP contribution in [0.1, 0.15) is 43.1 Å². The Kier molecular flexibility index (Phi) is 7.36. The van der Waals surface area contributed by atoms with E-state index >= 15 is 0 Å². The Morgan fingerprint density at radius 2 is 2.18 bits per heavy atom. The minimum atomic E-state index is -0.758. The maximum atomic E-state index is 13.0. The first-order chi connectivity index (χ1) is 13.6. The molecular formula is C20H29N3O5. The van der Waals surface area contributed by atoms with Crippen molar-refractivity contribution in [2.75, 3.05) is 26.3 Å². The molecule has 0 bridgehead atoms. The number of hydrogen-bond donors (Lipinski definition) is 2. The number of carbonyl (C=O) groups excluding carboxylic acids is 2. The molecule has 1 aromatic rings. The molecule has 2 fully saturated rings. The highest BCUT2D eigenvalue weighted by atomic mass is 16.5. The van der Waals surface area contributed by atoms with Gasteiger partial charge < -0.3 is 24.8 Å². The zero-order valence-corrected chi connectivity index (χ0v) is 16.3. The van der Waals surface area contributed by atoms with Gasteiger partial charge in [0.15, 0.2) is 0 Å². The average molecular weight is 391 g/mol. The van der Waals surface area contributed by atoms with Gasteiger partial charge in [-0.15, -0.1) is 0 Å². The first kappa shape index (κ1) is 20.7. The zero-order chi connectivity index (χ0) is 19.9. The van der Waals surface area contributed by atoms with Crippen molar-refractivity contribution in [3.63, 3.8) is 0 Å². The van der Waals surface area contributed by atoms with Gasteiger partial charge in [0.25, 0.3) is 5.91 Å². The minimum Gasteiger partial charge on any atom is -0.389 e. The van der Waals surface area contributed by atoms with E-state index in [0.29, 0.717) is 31.5 Å². The van der Waals surface area contributed by atoms with Gasteiger partial charge in [0.05, 0.1) is 37.9 Å². The third kappa shape index (κ3) is 5.27. The van der Waals surface area contributed by atoms with Crippen LogP contribution in [0.4, 0.5) is 0 Å². The maximum absolute atomic E-state index is 13.0. The molecule has 0 aliphatic carbocycles. The van der Waals surface area contributed by atoms with Crippen molar-refractivity contribution in [1.82, 2.24) is 15.2 Å². The number of nitrogens with zero attached hydrogens (tertiary/aromatic N) is 2. The van der Waals surface area contributed by atoms with Gasteiger partial charge in [0, 0.05) is 19.3 Å². The van der Waals surface area contributed by atoms with Crippen LogP contribution in [-0.2, 0) is 14.3 Å². The van der Waals surface area contributed by atoms with E-state index in [9.17, 15) is 14.7 Å². The van der Waals surface area contributed by atoms with Crippen LogP contribution in [0.25, 0.3) is 0 Å². The average Bonchev–Trinajstić information content (AvgIpc) is 2.70. The van der Waals surface area contributed by atoms with Crippen LogP contribution in [-0.4, -0.2) is 77.5 Å². The lowest BCUT2D eigenvalue weighted by Crippen LogP contribution is -2.57. The molecule has 0 saturated carbocycles. The molecule has 0 spiro atoms. The van der Waals surface area contributed by atoms with Gasteiger partial charge in [-0.3, -0.25) is 14.6 Å². The monoisotopic (exact) mass is 391 g/mol. The second-order valence-electron chi connectivity index (χ2n) is 7.36. The number of aromatic nitrogens is 1. The summed E-state index contributed by atoms with van der Waals surface area (Å²) in [4.78, 5) is 30.9. The van der Waals surface area contributed by atoms with Crippen molar-refractivity contribution in [2.24, 2.45) is 0 Å². The number of ether oxygens (including phenoxy) is 2. The van der Waals surface area contributed by atoms with E-state index in [2.05, 4.69) is 10.3 Å². The summed E-state index contributed by atoms with van der Waals surface area (Å²) in [5.74, 6) is -0.242. The summed E-state index contributed by atoms with van der Waals surface area (Å²) in [6, 6.07) is 4.97. The third-order valence-electron chi connectivity index (χ3n) is 5.11. The molecule has 3 heterocycles. The molecule has 2 N–H and O–H groups in total. The van der Waals surface area contributed by atoms with E-state index in [1.54, 1.807) is 29.3 Å². The Labute approximate surface area is 165 Å². The number of amides is 2. The summed E-state index contributed by atoms with van der Waals surface area (Å²) >= 11 is 0. The van der Waals surface area contributed by atoms with E-state index in [1.165, 1.54) is 0 Å². The van der Waals surface area contributed by atoms with E-state index in [-0.39, 0.29) is 49.8 Å². The lowest BCUT2D eigenvalue weighted by atomic mass is 9.94. The smallest absolute Gasteiger partial charge is 0.272 e. The second-order valence-corrected chi connectivity index (χ2v) is 7.36. The Morgan fingerprint density at radius 3 is 2.93 bits per heavy atom. The number of aliphatic hydroxyl groups is 1. The molecule has 2 amide bonds. The summed E-state index contributed by atoms with van der Waals surface area (Å²) in [6.07, 6.45) is 2.84. The van der Waals surface area contributed by atoms with Crippen LogP contribution >= 0.6 is 0 Å². The molecule has 2 saturated heterocycles. The van der Waals surface area contributed by atoms with Crippen LogP contribution in [0.2, 0.25) is 0 Å². The Bertz CT molecular complexity index is 657. The fourth-order valence-corrected chi connectivity index (χ4v) is 3.75. The van der Waals surface area contributed by atoms with Crippen LogP contribution in [0.5, 0.6) is 0 Å². The molecule has 0 radical (unpaired) electrons. The lowest BCUT2D eigenvalue weighted by molar-refractivity contribution is -0.150. The highest BCUT2D eigenvalue weighted by Crippen LogP contribution is 2.28. The van der Waals surface area contributed by atoms with E-state index in [1.807, 2.05) is 6.92 Å². The summed E-state index contributed by atoms with van der Waals surface area (Å²) in [5.41, 5.74) is 0.344. The molecule has 154 valence electrons. The van der Waals surface area contributed by atoms with Gasteiger partial charge in [0.2, 0.25) is 5.91 Å². The van der Waals surface area contributed by atoms with Gasteiger partial charge in [-0.1, -0.05) is 13.0 Å². The molecule has 2 aliphatic rings. The second kappa shape index (κ2) is 9.95. The topological polar surface area (TPSA) is 101 Å². The van der Waals surface area contributed by atoms with Crippen LogP contribution < -0.4 is 5.32 Å². The predicted molar refractivity (Wildman–Crippen MR) is 102 cm³/mol. The number of hydrogen-bond acceptors (Lipinski definition) is 6. The molecule has 28 heavy (non-hydrogen) atoms. The minimum absolute atomic E-state index is 0.0195. The van der Waals surface area contributed by atoms with Gasteiger partial charge in [-0.2, -0.15) is 0 Å². The lowest BCUT2D eigenvalue weighted by Gasteiger charge is -2.44. The zero-order valence-electron chi connectivity index (χ0n) is 16.3. The van der Waals surface area contributed by atoms with Crippen LogP contribution in [0, 0.1) is 0 Å². The van der Waals surface area contributed by atoms with E-state index < -0.39 is 6.10 Å². The van der Waals surface area contributed by atoms with Crippen molar-refractivity contribution < 1.29 is 24.2 Å². The summed E-state index contributed by atoms with van der Waals surface area (Å²) < 4.78 is 11.7. The molecule has 8 heteroatoms. The van der Waals surface area contributed by atoms with Crippen LogP contribution in [0.15, 0.2) is 24.4 Å². The third-order valence-corrected chi connectivity index (χ3v) is 5.11. The number of carbonyl (C=O) groups is 2. The van der Waals surface area contributed by atoms with Gasteiger partial charge >= 0.3 is 0 Å². The standard InChI is InChI=1S/C20H29N3O5/c1-2-8-22-19(25)10-15-6-7-17-18(28-15)13-27-12-14(24)11-23(17)20(26)16-5-3-4-9-21-16/h3-5,9,14-15,17-18,24H,2,6-8,10-13H2,1H3,(H,22,25)/t14-,15-,17-,18+/m0/s1. The molecule has 3 rings (SSSR count). The maximum Gasteiger partial charge on any atom is 0.272 e. The molecule has 0 aromatic carbocycles. The van der Waals surface area contributed by atoms with Crippen molar-refractivity contribution in [1.29, 1.82) is 0 Å². The summed E-state index contributed by atoms with van der Waals surface area (Å²) in [7, 11) is 0. The molecular weight excluding hydrogens is 362 g/mol. The van der Waals surface area contributed by atoms with E-state index in [0.717, 1.165) is 6.42 Å². The number of pyridine rings is 1. The normalized spacial score (nSPS) is 28.0. The number of fused-ring (bicyclic) bond motifs is 1. The Hall–Kier alpha value is -2.03. The van der Waals surface area contributed by atoms with Gasteiger partial charge in [-0.05, 0) is 31.4 Å². The summed E-state index contributed by atoms with van der Waals surface area (Å²) in [6.45, 7) is 3.25. The number of nitrogens with one attached hydrogen (secondary N) is 1. The molecule has 0 unspecified atom stereocenters. The highest BCUT2D eigenvalue weighted by molar-refractivity contribution is 5.92. The van der Waals surface area contributed by atoms with Crippen molar-refractivity contribution in [2.45, 2.75) is 57.0 Å². The fourth-order valence-electron chi connectivity index (χ4n) is 3.75.